The van der Waals surface area contributed by atoms with Gasteiger partial charge in [0.05, 0.1) is 0 Å². The van der Waals surface area contributed by atoms with Gasteiger partial charge in [0.2, 0.25) is 0 Å². The van der Waals surface area contributed by atoms with E-state index in [1.807, 2.05) is 60.6 Å². The third-order valence-corrected chi connectivity index (χ3v) is 3.57. The van der Waals surface area contributed by atoms with Gasteiger partial charge < -0.3 is 0 Å². The first-order chi connectivity index (χ1) is 9.38. The normalized spacial score (nSPS) is 12.6. The fourth-order valence-corrected chi connectivity index (χ4v) is 2.43. The zero-order valence-electron chi connectivity index (χ0n) is 10.8. The molecule has 2 aromatic rings. The van der Waals surface area contributed by atoms with Gasteiger partial charge in [0.15, 0.2) is 0 Å². The van der Waals surface area contributed by atoms with Crippen molar-refractivity contribution in [2.45, 2.75) is 11.3 Å². The van der Waals surface area contributed by atoms with Crippen molar-refractivity contribution in [2.24, 2.45) is 0 Å². The van der Waals surface area contributed by atoms with Crippen LogP contribution in [0.4, 0.5) is 0 Å². The Balaban J connectivity index is 0.000000283. The van der Waals surface area contributed by atoms with E-state index in [-0.39, 0.29) is 17.1 Å². The van der Waals surface area contributed by atoms with Gasteiger partial charge in [0.1, 0.15) is 5.94 Å². The van der Waals surface area contributed by atoms with Crippen LogP contribution in [0.2, 0.25) is 0 Å². The van der Waals surface area contributed by atoms with Crippen molar-refractivity contribution >= 4 is 17.7 Å². The molecule has 0 spiro atoms. The minimum Gasteiger partial charge on any atom is -0.233 e. The Kier molecular flexibility index (Phi) is 7.79. The van der Waals surface area contributed by atoms with Crippen molar-refractivity contribution in [3.8, 4) is 0 Å². The van der Waals surface area contributed by atoms with Gasteiger partial charge in [0.25, 0.3) is 0 Å². The fraction of sp³-hybridized carbons (Fsp3) is 0.0588. The average molecular weight is 322 g/mol. The Labute approximate surface area is 134 Å². The first-order valence-electron chi connectivity index (χ1n) is 6.07. The fourth-order valence-electron chi connectivity index (χ4n) is 1.56. The molecular weight excluding hydrogens is 308 g/mol. The van der Waals surface area contributed by atoms with Crippen molar-refractivity contribution in [1.29, 1.82) is 0 Å². The minimum atomic E-state index is 0. The Morgan fingerprint density at radius 3 is 2.25 bits per heavy atom. The average Bonchev–Trinajstić information content (AvgIpc) is 3.15. The summed E-state index contributed by atoms with van der Waals surface area (Å²) < 4.78 is 0. The summed E-state index contributed by atoms with van der Waals surface area (Å²) in [6.45, 7) is 0. The Hall–Kier alpha value is -1.50. The topological polar surface area (TPSA) is 17.1 Å². The predicted octanol–water partition coefficient (Wildman–Crippen LogP) is 4.50. The third kappa shape index (κ3) is 5.64. The van der Waals surface area contributed by atoms with E-state index in [1.165, 1.54) is 9.80 Å². The smallest absolute Gasteiger partial charge is 0.233 e. The molecule has 0 unspecified atom stereocenters. The Bertz CT molecular complexity index is 568. The standard InChI is InChI=1S/C12H9OS.C5H5.Fe/c13-9-10-5-7-12(8-6-10)14-11-3-1-2-4-11;1-2-4-5-3-1;/h1-5,7-8H,6H2;1-5H;/q2*-1;+2. The van der Waals surface area contributed by atoms with E-state index in [9.17, 15) is 4.79 Å². The Morgan fingerprint density at radius 1 is 1.10 bits per heavy atom. The molecule has 0 heterocycles. The van der Waals surface area contributed by atoms with Crippen molar-refractivity contribution in [3.05, 3.63) is 83.3 Å². The molecule has 102 valence electrons. The van der Waals surface area contributed by atoms with Gasteiger partial charge in [0, 0.05) is 12.0 Å². The largest absolute Gasteiger partial charge is 2.00 e. The molecule has 3 rings (SSSR count). The second-order valence-corrected chi connectivity index (χ2v) is 5.10. The van der Waals surface area contributed by atoms with Gasteiger partial charge in [-0.2, -0.15) is 42.1 Å². The number of carbonyl (C=O) groups excluding carboxylic acids is 1. The molecule has 3 heteroatoms. The molecule has 0 fully saturated rings. The summed E-state index contributed by atoms with van der Waals surface area (Å²) in [6.07, 6.45) is 6.54. The van der Waals surface area contributed by atoms with Crippen molar-refractivity contribution in [3.63, 3.8) is 0 Å². The predicted molar refractivity (Wildman–Crippen MR) is 81.0 cm³/mol. The van der Waals surface area contributed by atoms with Crippen LogP contribution in [0.3, 0.4) is 0 Å². The van der Waals surface area contributed by atoms with Crippen LogP contribution in [0.15, 0.2) is 88.2 Å². The quantitative estimate of drug-likeness (QED) is 0.460. The second-order valence-electron chi connectivity index (χ2n) is 3.96. The molecule has 2 aromatic carbocycles. The van der Waals surface area contributed by atoms with Gasteiger partial charge in [-0.3, -0.25) is 0 Å². The van der Waals surface area contributed by atoms with Gasteiger partial charge in [-0.15, -0.1) is 0 Å². The van der Waals surface area contributed by atoms with Crippen LogP contribution >= 0.6 is 11.8 Å². The van der Waals surface area contributed by atoms with Crippen LogP contribution in [0.25, 0.3) is 0 Å². The summed E-state index contributed by atoms with van der Waals surface area (Å²) in [4.78, 5) is 12.8. The molecule has 20 heavy (non-hydrogen) atoms. The molecule has 1 aliphatic rings. The third-order valence-electron chi connectivity index (χ3n) is 2.53. The summed E-state index contributed by atoms with van der Waals surface area (Å²) in [6, 6.07) is 18.2. The van der Waals surface area contributed by atoms with E-state index in [0.717, 1.165) is 5.57 Å². The maximum atomic E-state index is 10.3. The molecule has 0 saturated heterocycles. The van der Waals surface area contributed by atoms with Gasteiger partial charge in [-0.05, 0) is 17.1 Å². The van der Waals surface area contributed by atoms with E-state index in [2.05, 4.69) is 18.2 Å². The second kappa shape index (κ2) is 9.41. The summed E-state index contributed by atoms with van der Waals surface area (Å²) in [5.74, 6) is 1.91. The summed E-state index contributed by atoms with van der Waals surface area (Å²) in [5.41, 5.74) is 0.719. The van der Waals surface area contributed by atoms with Crippen molar-refractivity contribution in [1.82, 2.24) is 0 Å². The van der Waals surface area contributed by atoms with Crippen LogP contribution in [0.5, 0.6) is 0 Å². The van der Waals surface area contributed by atoms with E-state index >= 15 is 0 Å². The van der Waals surface area contributed by atoms with Crippen molar-refractivity contribution < 1.29 is 21.9 Å². The first kappa shape index (κ1) is 16.6. The van der Waals surface area contributed by atoms with Crippen LogP contribution in [0.1, 0.15) is 6.42 Å². The van der Waals surface area contributed by atoms with Crippen LogP contribution < -0.4 is 0 Å². The van der Waals surface area contributed by atoms with E-state index in [1.54, 1.807) is 11.8 Å². The molecule has 1 aliphatic carbocycles. The van der Waals surface area contributed by atoms with Gasteiger partial charge >= 0.3 is 17.1 Å². The number of hydrogen-bond acceptors (Lipinski definition) is 2. The summed E-state index contributed by atoms with van der Waals surface area (Å²) >= 11 is 1.71. The number of allylic oxidation sites excluding steroid dienone is 4. The molecule has 0 aliphatic heterocycles. The van der Waals surface area contributed by atoms with Crippen molar-refractivity contribution in [2.75, 3.05) is 0 Å². The maximum absolute atomic E-state index is 10.3. The van der Waals surface area contributed by atoms with Gasteiger partial charge in [-0.25, -0.2) is 29.1 Å². The van der Waals surface area contributed by atoms with Gasteiger partial charge in [-0.1, -0.05) is 11.0 Å². The molecule has 0 atom stereocenters. The molecule has 1 nitrogen and oxygen atoms in total. The van der Waals surface area contributed by atoms with E-state index in [4.69, 9.17) is 0 Å². The molecule has 0 bridgehead atoms. The molecule has 0 radical (unpaired) electrons. The monoisotopic (exact) mass is 322 g/mol. The molecular formula is C17H14FeOS. The molecule has 0 amide bonds. The maximum Gasteiger partial charge on any atom is 2.00 e. The van der Waals surface area contributed by atoms with Crippen LogP contribution in [-0.4, -0.2) is 5.94 Å². The van der Waals surface area contributed by atoms with E-state index in [0.29, 0.717) is 6.42 Å². The SMILES string of the molecule is O=C=C1C=CC(S[c-]2cccc2)=CC1.[Fe+2].c1cc[cH-]c1. The van der Waals surface area contributed by atoms with E-state index < -0.39 is 0 Å². The zero-order chi connectivity index (χ0) is 13.3. The summed E-state index contributed by atoms with van der Waals surface area (Å²) in [7, 11) is 0. The molecule has 0 saturated carbocycles. The van der Waals surface area contributed by atoms with Crippen LogP contribution in [-0.2, 0) is 21.9 Å². The summed E-state index contributed by atoms with van der Waals surface area (Å²) in [5, 5.41) is 0. The zero-order valence-corrected chi connectivity index (χ0v) is 12.7. The number of rotatable bonds is 2. The Morgan fingerprint density at radius 2 is 1.80 bits per heavy atom. The number of hydrogen-bond donors (Lipinski definition) is 0. The molecule has 0 N–H and O–H groups in total. The van der Waals surface area contributed by atoms with Crippen LogP contribution in [0, 0.1) is 0 Å². The first-order valence-corrected chi connectivity index (χ1v) is 6.88. The molecule has 0 aromatic heterocycles. The minimum absolute atomic E-state index is 0. The number of thioether (sulfide) groups is 1.